The number of rotatable bonds is 3. The Morgan fingerprint density at radius 2 is 2.00 bits per heavy atom. The Hall–Kier alpha value is -2.17. The Bertz CT molecular complexity index is 465. The quantitative estimate of drug-likeness (QED) is 0.798. The summed E-state index contributed by atoms with van der Waals surface area (Å²) in [5, 5.41) is 7.24. The van der Waals surface area contributed by atoms with Gasteiger partial charge in [-0.15, -0.1) is 10.2 Å². The van der Waals surface area contributed by atoms with Gasteiger partial charge in [-0.1, -0.05) is 30.3 Å². The van der Waals surface area contributed by atoms with Gasteiger partial charge in [-0.2, -0.15) is 0 Å². The molecule has 15 heavy (non-hydrogen) atoms. The number of aromatic nitrogens is 2. The van der Waals surface area contributed by atoms with Gasteiger partial charge in [-0.25, -0.2) is 0 Å². The molecule has 0 atom stereocenters. The molecule has 5 heteroatoms. The molecule has 0 aliphatic rings. The van der Waals surface area contributed by atoms with Crippen LogP contribution in [0.4, 0.5) is 0 Å². The summed E-state index contributed by atoms with van der Waals surface area (Å²) < 4.78 is 5.05. The Morgan fingerprint density at radius 3 is 2.60 bits per heavy atom. The molecule has 5 nitrogen and oxygen atoms in total. The molecule has 0 aliphatic heterocycles. The number of carbonyl (C=O) groups is 1. The van der Waals surface area contributed by atoms with Crippen LogP contribution < -0.4 is 5.73 Å². The minimum atomic E-state index is -0.707. The Kier molecular flexibility index (Phi) is 2.45. The SMILES string of the molecule is NC(=O)c1nnc(Cc2ccccc2)o1. The van der Waals surface area contributed by atoms with Crippen molar-refractivity contribution in [3.63, 3.8) is 0 Å². The van der Waals surface area contributed by atoms with Crippen molar-refractivity contribution in [3.8, 4) is 0 Å². The maximum absolute atomic E-state index is 10.7. The molecular weight excluding hydrogens is 194 g/mol. The average molecular weight is 203 g/mol. The van der Waals surface area contributed by atoms with Crippen molar-refractivity contribution >= 4 is 5.91 Å². The monoisotopic (exact) mass is 203 g/mol. The number of carbonyl (C=O) groups excluding carboxylic acids is 1. The van der Waals surface area contributed by atoms with Crippen LogP contribution >= 0.6 is 0 Å². The summed E-state index contributed by atoms with van der Waals surface area (Å²) in [6, 6.07) is 9.63. The van der Waals surface area contributed by atoms with Crippen molar-refractivity contribution in [2.45, 2.75) is 6.42 Å². The Balaban J connectivity index is 2.15. The van der Waals surface area contributed by atoms with Crippen LogP contribution in [0.15, 0.2) is 34.7 Å². The zero-order chi connectivity index (χ0) is 10.7. The third kappa shape index (κ3) is 2.19. The number of hydrogen-bond donors (Lipinski definition) is 1. The zero-order valence-corrected chi connectivity index (χ0v) is 7.88. The van der Waals surface area contributed by atoms with Crippen LogP contribution in [-0.4, -0.2) is 16.1 Å². The summed E-state index contributed by atoms with van der Waals surface area (Å²) in [6.45, 7) is 0. The first-order chi connectivity index (χ1) is 7.25. The van der Waals surface area contributed by atoms with Gasteiger partial charge < -0.3 is 10.2 Å². The Labute approximate surface area is 85.9 Å². The first kappa shape index (κ1) is 9.39. The minimum absolute atomic E-state index is 0.152. The van der Waals surface area contributed by atoms with Crippen LogP contribution in [-0.2, 0) is 6.42 Å². The summed E-state index contributed by atoms with van der Waals surface area (Å²) in [4.78, 5) is 10.7. The molecule has 0 saturated carbocycles. The number of primary amides is 1. The third-order valence-corrected chi connectivity index (χ3v) is 1.88. The summed E-state index contributed by atoms with van der Waals surface area (Å²) >= 11 is 0. The summed E-state index contributed by atoms with van der Waals surface area (Å²) in [5.74, 6) is -0.474. The summed E-state index contributed by atoms with van der Waals surface area (Å²) in [6.07, 6.45) is 0.501. The average Bonchev–Trinajstić information content (AvgIpc) is 2.68. The molecule has 0 bridgehead atoms. The van der Waals surface area contributed by atoms with Crippen LogP contribution in [0.3, 0.4) is 0 Å². The van der Waals surface area contributed by atoms with Crippen LogP contribution in [0.2, 0.25) is 0 Å². The van der Waals surface area contributed by atoms with E-state index in [2.05, 4.69) is 10.2 Å². The van der Waals surface area contributed by atoms with E-state index in [1.54, 1.807) is 0 Å². The lowest BCUT2D eigenvalue weighted by atomic mass is 10.2. The molecule has 2 rings (SSSR count). The first-order valence-corrected chi connectivity index (χ1v) is 4.42. The molecule has 0 saturated heterocycles. The maximum Gasteiger partial charge on any atom is 0.306 e. The van der Waals surface area contributed by atoms with E-state index in [-0.39, 0.29) is 5.89 Å². The normalized spacial score (nSPS) is 10.1. The summed E-state index contributed by atoms with van der Waals surface area (Å²) in [7, 11) is 0. The Morgan fingerprint density at radius 1 is 1.27 bits per heavy atom. The summed E-state index contributed by atoms with van der Waals surface area (Å²) in [5.41, 5.74) is 6.02. The molecule has 2 N–H and O–H groups in total. The topological polar surface area (TPSA) is 82.0 Å². The largest absolute Gasteiger partial charge is 0.417 e. The maximum atomic E-state index is 10.7. The van der Waals surface area contributed by atoms with Crippen molar-refractivity contribution in [2.24, 2.45) is 5.73 Å². The van der Waals surface area contributed by atoms with E-state index in [1.165, 1.54) is 0 Å². The van der Waals surface area contributed by atoms with Crippen molar-refractivity contribution < 1.29 is 9.21 Å². The lowest BCUT2D eigenvalue weighted by Crippen LogP contribution is -2.11. The van der Waals surface area contributed by atoms with Crippen LogP contribution in [0.1, 0.15) is 22.1 Å². The zero-order valence-electron chi connectivity index (χ0n) is 7.88. The van der Waals surface area contributed by atoms with Crippen molar-refractivity contribution in [1.29, 1.82) is 0 Å². The van der Waals surface area contributed by atoms with Gasteiger partial charge in [-0.3, -0.25) is 4.79 Å². The van der Waals surface area contributed by atoms with Gasteiger partial charge in [0.05, 0.1) is 6.42 Å². The number of nitrogens with two attached hydrogens (primary N) is 1. The number of amides is 1. The number of hydrogen-bond acceptors (Lipinski definition) is 4. The van der Waals surface area contributed by atoms with Gasteiger partial charge >= 0.3 is 11.8 Å². The molecule has 0 aliphatic carbocycles. The highest BCUT2D eigenvalue weighted by molar-refractivity contribution is 5.87. The lowest BCUT2D eigenvalue weighted by molar-refractivity contribution is 0.0965. The van der Waals surface area contributed by atoms with E-state index < -0.39 is 5.91 Å². The van der Waals surface area contributed by atoms with Crippen molar-refractivity contribution in [1.82, 2.24) is 10.2 Å². The van der Waals surface area contributed by atoms with E-state index in [4.69, 9.17) is 10.2 Å². The van der Waals surface area contributed by atoms with Crippen LogP contribution in [0.5, 0.6) is 0 Å². The van der Waals surface area contributed by atoms with Crippen LogP contribution in [0, 0.1) is 0 Å². The van der Waals surface area contributed by atoms with Gasteiger partial charge in [0.2, 0.25) is 5.89 Å². The minimum Gasteiger partial charge on any atom is -0.417 e. The van der Waals surface area contributed by atoms with E-state index in [0.29, 0.717) is 12.3 Å². The van der Waals surface area contributed by atoms with E-state index in [9.17, 15) is 4.79 Å². The fraction of sp³-hybridized carbons (Fsp3) is 0.100. The number of nitrogens with zero attached hydrogens (tertiary/aromatic N) is 2. The van der Waals surface area contributed by atoms with Gasteiger partial charge in [-0.05, 0) is 5.56 Å². The second-order valence-electron chi connectivity index (χ2n) is 3.03. The molecule has 0 fully saturated rings. The smallest absolute Gasteiger partial charge is 0.306 e. The second kappa shape index (κ2) is 3.91. The molecule has 76 valence electrons. The molecule has 1 aromatic carbocycles. The van der Waals surface area contributed by atoms with E-state index in [1.807, 2.05) is 30.3 Å². The van der Waals surface area contributed by atoms with Crippen LogP contribution in [0.25, 0.3) is 0 Å². The molecule has 1 amide bonds. The second-order valence-corrected chi connectivity index (χ2v) is 3.03. The van der Waals surface area contributed by atoms with Gasteiger partial charge in [0.15, 0.2) is 0 Å². The molecule has 0 unspecified atom stereocenters. The molecule has 0 radical (unpaired) electrons. The van der Waals surface area contributed by atoms with Gasteiger partial charge in [0, 0.05) is 0 Å². The fourth-order valence-corrected chi connectivity index (χ4v) is 1.20. The molecule has 0 spiro atoms. The van der Waals surface area contributed by atoms with E-state index in [0.717, 1.165) is 5.56 Å². The highest BCUT2D eigenvalue weighted by atomic mass is 16.4. The van der Waals surface area contributed by atoms with Gasteiger partial charge in [0.25, 0.3) is 0 Å². The fourth-order valence-electron chi connectivity index (χ4n) is 1.20. The standard InChI is InChI=1S/C10H9N3O2/c11-9(14)10-13-12-8(15-10)6-7-4-2-1-3-5-7/h1-5H,6H2,(H2,11,14). The molecule has 2 aromatic rings. The van der Waals surface area contributed by atoms with E-state index >= 15 is 0 Å². The highest BCUT2D eigenvalue weighted by Gasteiger charge is 2.10. The molecular formula is C10H9N3O2. The predicted octanol–water partition coefficient (Wildman–Crippen LogP) is 0.759. The predicted molar refractivity (Wildman–Crippen MR) is 52.1 cm³/mol. The first-order valence-electron chi connectivity index (χ1n) is 4.42. The van der Waals surface area contributed by atoms with Gasteiger partial charge in [0.1, 0.15) is 0 Å². The third-order valence-electron chi connectivity index (χ3n) is 1.88. The lowest BCUT2D eigenvalue weighted by Gasteiger charge is -1.94. The van der Waals surface area contributed by atoms with Crippen molar-refractivity contribution in [3.05, 3.63) is 47.7 Å². The number of benzene rings is 1. The van der Waals surface area contributed by atoms with Crippen molar-refractivity contribution in [2.75, 3.05) is 0 Å². The molecule has 1 heterocycles. The highest BCUT2D eigenvalue weighted by Crippen LogP contribution is 2.07. The molecule has 1 aromatic heterocycles.